The first kappa shape index (κ1) is 19.4. The second-order valence-electron chi connectivity index (χ2n) is 5.58. The van der Waals surface area contributed by atoms with Crippen LogP contribution in [0.25, 0.3) is 10.8 Å². The van der Waals surface area contributed by atoms with E-state index in [1.54, 1.807) is 18.2 Å². The van der Waals surface area contributed by atoms with Gasteiger partial charge in [0.2, 0.25) is 4.74 Å². The Morgan fingerprint density at radius 1 is 0.929 bits per heavy atom. The number of hydrogen-bond acceptors (Lipinski definition) is 8. The van der Waals surface area contributed by atoms with Gasteiger partial charge in [0.1, 0.15) is 11.2 Å². The highest BCUT2D eigenvalue weighted by atomic mass is 32.1. The van der Waals surface area contributed by atoms with Crippen LogP contribution in [0.3, 0.4) is 0 Å². The molecular formula is C20H16O7S. The van der Waals surface area contributed by atoms with E-state index in [-0.39, 0.29) is 21.1 Å². The van der Waals surface area contributed by atoms with Crippen LogP contribution in [0.2, 0.25) is 0 Å². The van der Waals surface area contributed by atoms with E-state index in [1.165, 1.54) is 39.5 Å². The molecule has 0 fully saturated rings. The van der Waals surface area contributed by atoms with Crippen molar-refractivity contribution < 1.29 is 28.5 Å². The number of aldehydes is 1. The molecule has 0 aliphatic carbocycles. The quantitative estimate of drug-likeness (QED) is 0.356. The number of esters is 1. The Hall–Kier alpha value is -3.39. The van der Waals surface area contributed by atoms with E-state index in [2.05, 4.69) is 0 Å². The summed E-state index contributed by atoms with van der Waals surface area (Å²) in [6.45, 7) is 0. The number of benzene rings is 2. The first-order chi connectivity index (χ1) is 13.5. The molecule has 0 radical (unpaired) electrons. The van der Waals surface area contributed by atoms with Crippen LogP contribution in [0, 0.1) is 0 Å². The van der Waals surface area contributed by atoms with Crippen molar-refractivity contribution in [1.82, 2.24) is 0 Å². The Morgan fingerprint density at radius 3 is 2.29 bits per heavy atom. The van der Waals surface area contributed by atoms with Gasteiger partial charge in [-0.05, 0) is 35.7 Å². The smallest absolute Gasteiger partial charge is 0.353 e. The van der Waals surface area contributed by atoms with Crippen LogP contribution in [0.5, 0.6) is 23.0 Å². The van der Waals surface area contributed by atoms with Crippen molar-refractivity contribution in [2.24, 2.45) is 0 Å². The summed E-state index contributed by atoms with van der Waals surface area (Å²) in [7, 11) is 4.32. The van der Waals surface area contributed by atoms with E-state index in [4.69, 9.17) is 18.9 Å². The first-order valence-electron chi connectivity index (χ1n) is 8.06. The zero-order valence-electron chi connectivity index (χ0n) is 15.3. The Kier molecular flexibility index (Phi) is 5.60. The summed E-state index contributed by atoms with van der Waals surface area (Å²) in [6, 6.07) is 9.28. The molecule has 0 amide bonds. The second-order valence-corrected chi connectivity index (χ2v) is 6.60. The zero-order valence-corrected chi connectivity index (χ0v) is 16.1. The summed E-state index contributed by atoms with van der Waals surface area (Å²) in [5.41, 5.74) is 0.382. The Labute approximate surface area is 164 Å². The molecule has 7 nitrogen and oxygen atoms in total. The first-order valence-corrected chi connectivity index (χ1v) is 8.88. The normalized spacial score (nSPS) is 10.4. The van der Waals surface area contributed by atoms with Crippen LogP contribution >= 0.6 is 11.3 Å². The molecule has 1 aromatic heterocycles. The lowest BCUT2D eigenvalue weighted by Crippen LogP contribution is -2.11. The molecule has 144 valence electrons. The van der Waals surface area contributed by atoms with Crippen molar-refractivity contribution in [3.05, 3.63) is 56.4 Å². The van der Waals surface area contributed by atoms with Crippen LogP contribution in [0.4, 0.5) is 0 Å². The lowest BCUT2D eigenvalue weighted by molar-refractivity contribution is 0.0734. The second kappa shape index (κ2) is 8.10. The van der Waals surface area contributed by atoms with Gasteiger partial charge in [-0.2, -0.15) is 0 Å². The molecule has 3 aromatic rings. The molecule has 0 atom stereocenters. The Bertz CT molecular complexity index is 1120. The van der Waals surface area contributed by atoms with Crippen LogP contribution < -0.4 is 23.7 Å². The van der Waals surface area contributed by atoms with E-state index in [1.807, 2.05) is 0 Å². The van der Waals surface area contributed by atoms with Crippen molar-refractivity contribution >= 4 is 34.4 Å². The van der Waals surface area contributed by atoms with Gasteiger partial charge in [-0.25, -0.2) is 4.79 Å². The number of ether oxygens (including phenoxy) is 4. The molecule has 0 bridgehead atoms. The van der Waals surface area contributed by atoms with Crippen molar-refractivity contribution in [2.45, 2.75) is 0 Å². The average Bonchev–Trinajstić information content (AvgIpc) is 2.72. The SMILES string of the molecule is COc1cc(C=O)ccc1OC(=O)c1cc2ccc(OC)c(OC)c2c(=O)s1. The highest BCUT2D eigenvalue weighted by Crippen LogP contribution is 2.35. The monoisotopic (exact) mass is 400 g/mol. The maximum absolute atomic E-state index is 12.6. The molecule has 0 aliphatic rings. The fourth-order valence-corrected chi connectivity index (χ4v) is 3.51. The summed E-state index contributed by atoms with van der Waals surface area (Å²) in [4.78, 5) is 36.2. The zero-order chi connectivity index (χ0) is 20.3. The Balaban J connectivity index is 2.01. The maximum atomic E-state index is 12.6. The van der Waals surface area contributed by atoms with Crippen molar-refractivity contribution in [3.63, 3.8) is 0 Å². The van der Waals surface area contributed by atoms with Gasteiger partial charge in [0.25, 0.3) is 0 Å². The van der Waals surface area contributed by atoms with Crippen LogP contribution in [-0.4, -0.2) is 33.6 Å². The van der Waals surface area contributed by atoms with Gasteiger partial charge in [0.15, 0.2) is 23.0 Å². The summed E-state index contributed by atoms with van der Waals surface area (Å²) < 4.78 is 20.7. The number of methoxy groups -OCH3 is 3. The van der Waals surface area contributed by atoms with Crippen LogP contribution in [0.15, 0.2) is 41.2 Å². The van der Waals surface area contributed by atoms with Crippen molar-refractivity contribution in [3.8, 4) is 23.0 Å². The Morgan fingerprint density at radius 2 is 1.64 bits per heavy atom. The van der Waals surface area contributed by atoms with Gasteiger partial charge >= 0.3 is 5.97 Å². The van der Waals surface area contributed by atoms with E-state index in [9.17, 15) is 14.4 Å². The highest BCUT2D eigenvalue weighted by molar-refractivity contribution is 7.11. The molecule has 0 aliphatic heterocycles. The summed E-state index contributed by atoms with van der Waals surface area (Å²) in [5.74, 6) is 0.403. The minimum atomic E-state index is -0.712. The predicted molar refractivity (Wildman–Crippen MR) is 105 cm³/mol. The van der Waals surface area contributed by atoms with Gasteiger partial charge in [-0.3, -0.25) is 9.59 Å². The number of hydrogen-bond donors (Lipinski definition) is 0. The van der Waals surface area contributed by atoms with Gasteiger partial charge in [-0.1, -0.05) is 17.4 Å². The molecule has 2 aromatic carbocycles. The molecule has 0 saturated heterocycles. The third kappa shape index (κ3) is 3.54. The molecule has 0 N–H and O–H groups in total. The molecular weight excluding hydrogens is 384 g/mol. The number of carbonyl (C=O) groups excluding carboxylic acids is 2. The van der Waals surface area contributed by atoms with Gasteiger partial charge < -0.3 is 18.9 Å². The molecule has 3 rings (SSSR count). The summed E-state index contributed by atoms with van der Waals surface area (Å²) in [6.07, 6.45) is 0.658. The number of rotatable bonds is 6. The van der Waals surface area contributed by atoms with Crippen molar-refractivity contribution in [1.29, 1.82) is 0 Å². The summed E-state index contributed by atoms with van der Waals surface area (Å²) in [5, 5.41) is 0.855. The number of fused-ring (bicyclic) bond motifs is 1. The van der Waals surface area contributed by atoms with Crippen molar-refractivity contribution in [2.75, 3.05) is 21.3 Å². The lowest BCUT2D eigenvalue weighted by atomic mass is 10.1. The minimum absolute atomic E-state index is 0.117. The standard InChI is InChI=1S/C20H16O7S/c1-24-14-7-5-12-9-16(28-20(23)17(12)18(14)26-3)19(22)27-13-6-4-11(10-21)8-15(13)25-2/h4-10H,1-3H3. The van der Waals surface area contributed by atoms with Crippen LogP contribution in [0.1, 0.15) is 20.0 Å². The largest absolute Gasteiger partial charge is 0.493 e. The molecule has 0 spiro atoms. The topological polar surface area (TPSA) is 88.1 Å². The fraction of sp³-hybridized carbons (Fsp3) is 0.150. The van der Waals surface area contributed by atoms with Gasteiger partial charge in [-0.15, -0.1) is 0 Å². The van der Waals surface area contributed by atoms with Crippen LogP contribution in [-0.2, 0) is 0 Å². The number of carbonyl (C=O) groups is 2. The highest BCUT2D eigenvalue weighted by Gasteiger charge is 2.19. The van der Waals surface area contributed by atoms with Gasteiger partial charge in [0, 0.05) is 5.56 Å². The lowest BCUT2D eigenvalue weighted by Gasteiger charge is -2.11. The third-order valence-corrected chi connectivity index (χ3v) is 4.89. The van der Waals surface area contributed by atoms with E-state index in [0.717, 1.165) is 11.3 Å². The molecule has 0 unspecified atom stereocenters. The minimum Gasteiger partial charge on any atom is -0.493 e. The molecule has 8 heteroatoms. The molecule has 28 heavy (non-hydrogen) atoms. The molecule has 1 heterocycles. The predicted octanol–water partition coefficient (Wildman–Crippen LogP) is 3.32. The third-order valence-electron chi connectivity index (χ3n) is 4.00. The van der Waals surface area contributed by atoms with E-state index < -0.39 is 5.97 Å². The van der Waals surface area contributed by atoms with E-state index in [0.29, 0.717) is 34.1 Å². The maximum Gasteiger partial charge on any atom is 0.353 e. The fourth-order valence-electron chi connectivity index (χ4n) is 2.69. The summed E-state index contributed by atoms with van der Waals surface area (Å²) >= 11 is 0.741. The van der Waals surface area contributed by atoms with E-state index >= 15 is 0 Å². The van der Waals surface area contributed by atoms with Gasteiger partial charge in [0.05, 0.1) is 26.7 Å². The average molecular weight is 400 g/mol. The molecule has 0 saturated carbocycles.